The van der Waals surface area contributed by atoms with Crippen LogP contribution in [0, 0.1) is 13.8 Å². The molecule has 0 aromatic carbocycles. The van der Waals surface area contributed by atoms with Crippen LogP contribution in [-0.2, 0) is 0 Å². The van der Waals surface area contributed by atoms with Crippen molar-refractivity contribution in [1.29, 1.82) is 0 Å². The topological polar surface area (TPSA) is 30.0 Å². The molecular formula is C10H7NOS2. The molecule has 1 aliphatic rings. The van der Waals surface area contributed by atoms with E-state index in [-0.39, 0.29) is 5.78 Å². The third-order valence-corrected chi connectivity index (χ3v) is 4.44. The molecule has 0 saturated heterocycles. The second-order valence-corrected chi connectivity index (χ2v) is 5.80. The molecule has 0 unspecified atom stereocenters. The van der Waals surface area contributed by atoms with E-state index in [1.165, 1.54) is 4.88 Å². The van der Waals surface area contributed by atoms with E-state index in [0.717, 1.165) is 20.3 Å². The Labute approximate surface area is 89.2 Å². The van der Waals surface area contributed by atoms with Crippen LogP contribution in [0.1, 0.15) is 25.9 Å². The molecule has 1 aliphatic carbocycles. The maximum Gasteiger partial charge on any atom is 0.214 e. The van der Waals surface area contributed by atoms with E-state index in [1.807, 2.05) is 19.9 Å². The van der Waals surface area contributed by atoms with Crippen molar-refractivity contribution in [3.63, 3.8) is 0 Å². The zero-order valence-electron chi connectivity index (χ0n) is 7.75. The van der Waals surface area contributed by atoms with E-state index in [2.05, 4.69) is 4.98 Å². The summed E-state index contributed by atoms with van der Waals surface area (Å²) in [5, 5.41) is 0.972. The largest absolute Gasteiger partial charge is 0.287 e. The maximum absolute atomic E-state index is 11.9. The first-order chi connectivity index (χ1) is 6.66. The minimum absolute atomic E-state index is 0.101. The number of nitrogens with zero attached hydrogens (tertiary/aromatic N) is 1. The first kappa shape index (κ1) is 8.32. The van der Waals surface area contributed by atoms with Gasteiger partial charge < -0.3 is 0 Å². The first-order valence-electron chi connectivity index (χ1n) is 4.30. The normalized spacial score (nSPS) is 13.1. The van der Waals surface area contributed by atoms with E-state index >= 15 is 0 Å². The number of fused-ring (bicyclic) bond motifs is 3. The molecule has 0 saturated carbocycles. The maximum atomic E-state index is 11.9. The van der Waals surface area contributed by atoms with Crippen LogP contribution in [0.15, 0.2) is 6.07 Å². The Hall–Kier alpha value is -1.00. The molecule has 2 aromatic rings. The molecule has 2 heterocycles. The van der Waals surface area contributed by atoms with Crippen molar-refractivity contribution in [3.05, 3.63) is 27.2 Å². The highest BCUT2D eigenvalue weighted by molar-refractivity contribution is 7.23. The second-order valence-electron chi connectivity index (χ2n) is 3.34. The van der Waals surface area contributed by atoms with Gasteiger partial charge in [0, 0.05) is 10.4 Å². The summed E-state index contributed by atoms with van der Waals surface area (Å²) in [6.45, 7) is 3.97. The van der Waals surface area contributed by atoms with Gasteiger partial charge >= 0.3 is 0 Å². The number of thiophene rings is 1. The molecule has 0 amide bonds. The van der Waals surface area contributed by atoms with Crippen LogP contribution >= 0.6 is 22.7 Å². The minimum atomic E-state index is 0.101. The van der Waals surface area contributed by atoms with Gasteiger partial charge in [-0.2, -0.15) is 0 Å². The molecule has 0 aliphatic heterocycles. The van der Waals surface area contributed by atoms with Crippen LogP contribution in [0.2, 0.25) is 0 Å². The molecule has 4 heteroatoms. The number of carbonyl (C=O) groups excluding carboxylic acids is 1. The number of aryl methyl sites for hydroxylation is 2. The highest BCUT2D eigenvalue weighted by atomic mass is 32.1. The van der Waals surface area contributed by atoms with Gasteiger partial charge in [-0.3, -0.25) is 4.79 Å². The number of carbonyl (C=O) groups is 1. The summed E-state index contributed by atoms with van der Waals surface area (Å²) >= 11 is 3.30. The zero-order valence-corrected chi connectivity index (χ0v) is 9.38. The van der Waals surface area contributed by atoms with Crippen LogP contribution in [0.25, 0.3) is 9.75 Å². The van der Waals surface area contributed by atoms with E-state index in [9.17, 15) is 4.79 Å². The highest BCUT2D eigenvalue weighted by Crippen LogP contribution is 2.44. The lowest BCUT2D eigenvalue weighted by Crippen LogP contribution is -1.95. The van der Waals surface area contributed by atoms with Crippen molar-refractivity contribution in [1.82, 2.24) is 4.98 Å². The summed E-state index contributed by atoms with van der Waals surface area (Å²) in [4.78, 5) is 19.5. The van der Waals surface area contributed by atoms with Crippen molar-refractivity contribution in [3.8, 4) is 9.75 Å². The molecule has 0 spiro atoms. The molecule has 0 N–H and O–H groups in total. The van der Waals surface area contributed by atoms with Gasteiger partial charge in [-0.15, -0.1) is 22.7 Å². The number of aromatic nitrogens is 1. The van der Waals surface area contributed by atoms with Gasteiger partial charge in [-0.1, -0.05) is 0 Å². The number of rotatable bonds is 0. The smallest absolute Gasteiger partial charge is 0.214 e. The Morgan fingerprint density at radius 2 is 2.00 bits per heavy atom. The summed E-state index contributed by atoms with van der Waals surface area (Å²) in [5.41, 5.74) is 1.51. The van der Waals surface area contributed by atoms with Gasteiger partial charge in [0.05, 0.1) is 14.8 Å². The first-order valence-corrected chi connectivity index (χ1v) is 5.93. The van der Waals surface area contributed by atoms with Gasteiger partial charge in [0.1, 0.15) is 5.69 Å². The van der Waals surface area contributed by atoms with Crippen molar-refractivity contribution >= 4 is 28.5 Å². The quantitative estimate of drug-likeness (QED) is 0.584. The summed E-state index contributed by atoms with van der Waals surface area (Å²) < 4.78 is 0. The molecule has 0 fully saturated rings. The van der Waals surface area contributed by atoms with Gasteiger partial charge in [0.25, 0.3) is 0 Å². The number of hydrogen-bond acceptors (Lipinski definition) is 4. The van der Waals surface area contributed by atoms with Gasteiger partial charge in [0.15, 0.2) is 0 Å². The summed E-state index contributed by atoms with van der Waals surface area (Å²) in [5.74, 6) is 0.101. The van der Waals surface area contributed by atoms with Crippen LogP contribution in [0.3, 0.4) is 0 Å². The van der Waals surface area contributed by atoms with E-state index in [1.54, 1.807) is 22.7 Å². The SMILES string of the molecule is Cc1cc2c(s1)-c1sc(C)nc1C2=O. The van der Waals surface area contributed by atoms with Gasteiger partial charge in [0.2, 0.25) is 5.78 Å². The lowest BCUT2D eigenvalue weighted by molar-refractivity contribution is 0.103. The summed E-state index contributed by atoms with van der Waals surface area (Å²) in [6, 6.07) is 1.96. The standard InChI is InChI=1S/C10H7NOS2/c1-4-3-6-8(12)7-10(9(6)13-4)14-5(2)11-7/h3H,1-2H3. The molecule has 0 bridgehead atoms. The van der Waals surface area contributed by atoms with E-state index in [4.69, 9.17) is 0 Å². The zero-order chi connectivity index (χ0) is 9.87. The summed E-state index contributed by atoms with van der Waals surface area (Å²) in [7, 11) is 0. The third-order valence-electron chi connectivity index (χ3n) is 2.26. The van der Waals surface area contributed by atoms with Crippen molar-refractivity contribution in [2.45, 2.75) is 13.8 Å². The fraction of sp³-hybridized carbons (Fsp3) is 0.200. The minimum Gasteiger partial charge on any atom is -0.287 e. The van der Waals surface area contributed by atoms with Crippen LogP contribution < -0.4 is 0 Å². The molecule has 0 atom stereocenters. The molecular weight excluding hydrogens is 214 g/mol. The molecule has 2 aromatic heterocycles. The van der Waals surface area contributed by atoms with Crippen molar-refractivity contribution in [2.24, 2.45) is 0 Å². The highest BCUT2D eigenvalue weighted by Gasteiger charge is 2.32. The summed E-state index contributed by atoms with van der Waals surface area (Å²) in [6.07, 6.45) is 0. The lowest BCUT2D eigenvalue weighted by Gasteiger charge is -1.85. The lowest BCUT2D eigenvalue weighted by atomic mass is 10.2. The molecule has 0 radical (unpaired) electrons. The molecule has 14 heavy (non-hydrogen) atoms. The third kappa shape index (κ3) is 0.898. The number of thiazole rings is 1. The van der Waals surface area contributed by atoms with Crippen LogP contribution in [-0.4, -0.2) is 10.8 Å². The predicted octanol–water partition coefficient (Wildman–Crippen LogP) is 3.03. The van der Waals surface area contributed by atoms with E-state index < -0.39 is 0 Å². The number of hydrogen-bond donors (Lipinski definition) is 0. The predicted molar refractivity (Wildman–Crippen MR) is 58.3 cm³/mol. The molecule has 3 rings (SSSR count). The number of ketones is 1. The Balaban J connectivity index is 2.37. The Kier molecular flexibility index (Phi) is 1.50. The monoisotopic (exact) mass is 221 g/mol. The van der Waals surface area contributed by atoms with Crippen LogP contribution in [0.4, 0.5) is 0 Å². The van der Waals surface area contributed by atoms with Crippen molar-refractivity contribution < 1.29 is 4.79 Å². The Bertz CT molecular complexity index is 502. The van der Waals surface area contributed by atoms with E-state index in [0.29, 0.717) is 5.69 Å². The van der Waals surface area contributed by atoms with Gasteiger partial charge in [-0.25, -0.2) is 4.98 Å². The molecule has 2 nitrogen and oxygen atoms in total. The average Bonchev–Trinajstić information content (AvgIpc) is 2.71. The Morgan fingerprint density at radius 1 is 1.21 bits per heavy atom. The Morgan fingerprint density at radius 3 is 2.79 bits per heavy atom. The fourth-order valence-electron chi connectivity index (χ4n) is 1.71. The molecule has 70 valence electrons. The second kappa shape index (κ2) is 2.52. The van der Waals surface area contributed by atoms with Crippen LogP contribution in [0.5, 0.6) is 0 Å². The fourth-order valence-corrected chi connectivity index (χ4v) is 3.78. The van der Waals surface area contributed by atoms with Gasteiger partial charge in [-0.05, 0) is 19.9 Å². The average molecular weight is 221 g/mol. The van der Waals surface area contributed by atoms with Crippen molar-refractivity contribution in [2.75, 3.05) is 0 Å².